The zero-order valence-electron chi connectivity index (χ0n) is 21.9. The van der Waals surface area contributed by atoms with Gasteiger partial charge in [-0.25, -0.2) is 5.01 Å². The number of carbonyl (C=O) groups is 2. The van der Waals surface area contributed by atoms with E-state index in [1.54, 1.807) is 17.0 Å². The Labute approximate surface area is 217 Å². The first kappa shape index (κ1) is 26.3. The van der Waals surface area contributed by atoms with E-state index in [1.165, 1.54) is 17.5 Å². The molecule has 0 fully saturated rings. The Hall–Kier alpha value is -3.76. The minimum Gasteiger partial charge on any atom is -0.376 e. The molecule has 0 bridgehead atoms. The van der Waals surface area contributed by atoms with Gasteiger partial charge in [-0.3, -0.25) is 14.6 Å². The molecular weight excluding hydrogens is 470 g/mol. The number of aryl methyl sites for hydroxylation is 1. The van der Waals surface area contributed by atoms with Gasteiger partial charge >= 0.3 is 0 Å². The Bertz CT molecular complexity index is 1190. The van der Waals surface area contributed by atoms with Gasteiger partial charge in [-0.2, -0.15) is 4.98 Å². The lowest BCUT2D eigenvalue weighted by atomic mass is 10.1. The van der Waals surface area contributed by atoms with Crippen LogP contribution in [0.3, 0.4) is 0 Å². The van der Waals surface area contributed by atoms with Gasteiger partial charge in [-0.1, -0.05) is 49.3 Å². The molecule has 2 N–H and O–H groups in total. The summed E-state index contributed by atoms with van der Waals surface area (Å²) in [5.41, 5.74) is 4.98. The van der Waals surface area contributed by atoms with Gasteiger partial charge in [0.1, 0.15) is 6.54 Å². The normalized spacial score (nSPS) is 13.0. The second kappa shape index (κ2) is 12.0. The molecule has 1 aliphatic rings. The first-order chi connectivity index (χ1) is 17.8. The molecule has 0 saturated carbocycles. The number of fused-ring (bicyclic) bond motifs is 1. The molecular formula is C27H35N7O3. The maximum atomic E-state index is 13.3. The van der Waals surface area contributed by atoms with E-state index in [2.05, 4.69) is 46.8 Å². The summed E-state index contributed by atoms with van der Waals surface area (Å²) in [6, 6.07) is 14.2. The molecule has 196 valence electrons. The maximum Gasteiger partial charge on any atom is 0.257 e. The van der Waals surface area contributed by atoms with E-state index in [0.717, 1.165) is 16.8 Å². The van der Waals surface area contributed by atoms with Crippen LogP contribution in [0.15, 0.2) is 53.3 Å². The first-order valence-electron chi connectivity index (χ1n) is 12.5. The van der Waals surface area contributed by atoms with Gasteiger partial charge in [-0.05, 0) is 35.7 Å². The summed E-state index contributed by atoms with van der Waals surface area (Å²) in [5.74, 6) is 0.133. The van der Waals surface area contributed by atoms with Crippen LogP contribution in [-0.2, 0) is 22.7 Å². The molecule has 1 aromatic heterocycles. The lowest BCUT2D eigenvalue weighted by Crippen LogP contribution is -2.49. The van der Waals surface area contributed by atoms with Gasteiger partial charge in [0, 0.05) is 50.5 Å². The summed E-state index contributed by atoms with van der Waals surface area (Å²) in [6.45, 7) is 8.51. The summed E-state index contributed by atoms with van der Waals surface area (Å²) in [6.07, 6.45) is 1.35. The van der Waals surface area contributed by atoms with Gasteiger partial charge in [-0.15, -0.1) is 0 Å². The molecule has 2 amide bonds. The van der Waals surface area contributed by atoms with Crippen molar-refractivity contribution in [1.82, 2.24) is 30.4 Å². The third-order valence-corrected chi connectivity index (χ3v) is 6.50. The van der Waals surface area contributed by atoms with Crippen molar-refractivity contribution in [2.75, 3.05) is 38.5 Å². The van der Waals surface area contributed by atoms with E-state index in [4.69, 9.17) is 4.52 Å². The molecule has 2 aromatic carbocycles. The molecule has 0 saturated heterocycles. The van der Waals surface area contributed by atoms with Crippen molar-refractivity contribution >= 4 is 17.5 Å². The van der Waals surface area contributed by atoms with E-state index < -0.39 is 0 Å². The molecule has 2 heterocycles. The quantitative estimate of drug-likeness (QED) is 0.410. The van der Waals surface area contributed by atoms with Gasteiger partial charge in [0.15, 0.2) is 6.33 Å². The third-order valence-electron chi connectivity index (χ3n) is 6.50. The van der Waals surface area contributed by atoms with Gasteiger partial charge < -0.3 is 20.1 Å². The van der Waals surface area contributed by atoms with Crippen LogP contribution >= 0.6 is 0 Å². The van der Waals surface area contributed by atoms with Crippen LogP contribution in [0.2, 0.25) is 0 Å². The molecule has 0 aliphatic carbocycles. The Morgan fingerprint density at radius 2 is 1.84 bits per heavy atom. The second-order valence-corrected chi connectivity index (χ2v) is 9.56. The van der Waals surface area contributed by atoms with Crippen molar-refractivity contribution in [3.8, 4) is 11.5 Å². The standard InChI is InChI=1S/C27H35N7O3/c1-19(2)28-11-12-33(17-26(36)32(4)34-15-22-7-5-6-8-23(22)16-34)25(35)14-29-24-13-21(10-9-20(24)3)27-30-18-31-37-27/h5-10,13,18-19,28-29H,11-12,14-17H2,1-4H3. The predicted octanol–water partition coefficient (Wildman–Crippen LogP) is 2.67. The molecule has 1 aliphatic heterocycles. The molecule has 0 spiro atoms. The lowest BCUT2D eigenvalue weighted by Gasteiger charge is -2.31. The average Bonchev–Trinajstić information content (AvgIpc) is 3.57. The van der Waals surface area contributed by atoms with Crippen molar-refractivity contribution in [2.45, 2.75) is 39.9 Å². The minimum atomic E-state index is -0.153. The number of hydrogen-bond acceptors (Lipinski definition) is 8. The number of amides is 2. The molecule has 3 aromatic rings. The van der Waals surface area contributed by atoms with E-state index in [1.807, 2.05) is 42.3 Å². The highest BCUT2D eigenvalue weighted by Crippen LogP contribution is 2.24. The van der Waals surface area contributed by atoms with E-state index in [9.17, 15) is 9.59 Å². The molecule has 10 heteroatoms. The maximum absolute atomic E-state index is 13.3. The number of hydrazine groups is 1. The smallest absolute Gasteiger partial charge is 0.257 e. The van der Waals surface area contributed by atoms with E-state index >= 15 is 0 Å². The predicted molar refractivity (Wildman–Crippen MR) is 141 cm³/mol. The summed E-state index contributed by atoms with van der Waals surface area (Å²) >= 11 is 0. The molecule has 4 rings (SSSR count). The molecule has 37 heavy (non-hydrogen) atoms. The van der Waals surface area contributed by atoms with Gasteiger partial charge in [0.05, 0.1) is 6.54 Å². The molecule has 0 atom stereocenters. The van der Waals surface area contributed by atoms with Crippen LogP contribution in [0.1, 0.15) is 30.5 Å². The van der Waals surface area contributed by atoms with E-state index in [0.29, 0.717) is 32.1 Å². The molecule has 10 nitrogen and oxygen atoms in total. The Balaban J connectivity index is 1.39. The number of rotatable bonds is 11. The third kappa shape index (κ3) is 6.72. The van der Waals surface area contributed by atoms with Crippen molar-refractivity contribution in [2.24, 2.45) is 0 Å². The first-order valence-corrected chi connectivity index (χ1v) is 12.5. The van der Waals surface area contributed by atoms with Crippen LogP contribution < -0.4 is 10.6 Å². The van der Waals surface area contributed by atoms with E-state index in [-0.39, 0.29) is 30.9 Å². The fraction of sp³-hybridized carbons (Fsp3) is 0.407. The fourth-order valence-electron chi connectivity index (χ4n) is 4.26. The second-order valence-electron chi connectivity index (χ2n) is 9.56. The fourth-order valence-corrected chi connectivity index (χ4v) is 4.26. The zero-order chi connectivity index (χ0) is 26.4. The van der Waals surface area contributed by atoms with Crippen molar-refractivity contribution in [1.29, 1.82) is 0 Å². The monoisotopic (exact) mass is 505 g/mol. The zero-order valence-corrected chi connectivity index (χ0v) is 21.9. The lowest BCUT2D eigenvalue weighted by molar-refractivity contribution is -0.151. The van der Waals surface area contributed by atoms with Crippen molar-refractivity contribution < 1.29 is 14.1 Å². The highest BCUT2D eigenvalue weighted by atomic mass is 16.5. The summed E-state index contributed by atoms with van der Waals surface area (Å²) in [7, 11) is 1.77. The number of carbonyl (C=O) groups excluding carboxylic acids is 2. The minimum absolute atomic E-state index is 0.00460. The number of nitrogens with one attached hydrogen (secondary N) is 2. The molecule has 0 radical (unpaired) electrons. The number of anilines is 1. The SMILES string of the molecule is Cc1ccc(-c2ncno2)cc1NCC(=O)N(CCNC(C)C)CC(=O)N(C)N1Cc2ccccc2C1. The van der Waals surface area contributed by atoms with Crippen LogP contribution in [0.4, 0.5) is 5.69 Å². The number of benzene rings is 2. The van der Waals surface area contributed by atoms with Crippen LogP contribution in [-0.4, -0.2) is 76.1 Å². The highest BCUT2D eigenvalue weighted by Gasteiger charge is 2.27. The Morgan fingerprint density at radius 3 is 2.49 bits per heavy atom. The Morgan fingerprint density at radius 1 is 1.11 bits per heavy atom. The number of likely N-dealkylation sites (N-methyl/N-ethyl adjacent to an activating group) is 1. The van der Waals surface area contributed by atoms with Crippen LogP contribution in [0, 0.1) is 6.92 Å². The number of aromatic nitrogens is 2. The van der Waals surface area contributed by atoms with Crippen LogP contribution in [0.25, 0.3) is 11.5 Å². The summed E-state index contributed by atoms with van der Waals surface area (Å²) in [4.78, 5) is 32.2. The van der Waals surface area contributed by atoms with Crippen LogP contribution in [0.5, 0.6) is 0 Å². The van der Waals surface area contributed by atoms with Gasteiger partial charge in [0.25, 0.3) is 11.8 Å². The van der Waals surface area contributed by atoms with Crippen molar-refractivity contribution in [3.63, 3.8) is 0 Å². The summed E-state index contributed by atoms with van der Waals surface area (Å²) < 4.78 is 5.15. The Kier molecular flexibility index (Phi) is 8.52. The molecule has 0 unspecified atom stereocenters. The number of nitrogens with zero attached hydrogens (tertiary/aromatic N) is 5. The average molecular weight is 506 g/mol. The summed E-state index contributed by atoms with van der Waals surface area (Å²) in [5, 5.41) is 13.9. The van der Waals surface area contributed by atoms with Gasteiger partial charge in [0.2, 0.25) is 5.91 Å². The highest BCUT2D eigenvalue weighted by molar-refractivity contribution is 5.87. The van der Waals surface area contributed by atoms with Crippen molar-refractivity contribution in [3.05, 3.63) is 65.5 Å². The largest absolute Gasteiger partial charge is 0.376 e. The number of hydrogen-bond donors (Lipinski definition) is 2. The topological polar surface area (TPSA) is 107 Å².